The summed E-state index contributed by atoms with van der Waals surface area (Å²) in [5, 5.41) is 10.0. The molecule has 1 aromatic carbocycles. The fraction of sp³-hybridized carbons (Fsp3) is 0.0714. The van der Waals surface area contributed by atoms with Crippen LogP contribution in [0, 0.1) is 6.92 Å². The zero-order valence-electron chi connectivity index (χ0n) is 9.64. The standard InChI is InChI=1S/C14H10O3S/c1-8-6-12(14(15)16)18-13(8)11-7-9-4-2-3-5-10(9)17-11/h2-7H,1H3,(H,15,16). The lowest BCUT2D eigenvalue weighted by Gasteiger charge is -1.91. The van der Waals surface area contributed by atoms with E-state index < -0.39 is 5.97 Å². The lowest BCUT2D eigenvalue weighted by atomic mass is 10.2. The van der Waals surface area contributed by atoms with Gasteiger partial charge in [-0.15, -0.1) is 11.3 Å². The Labute approximate surface area is 107 Å². The largest absolute Gasteiger partial charge is 0.477 e. The van der Waals surface area contributed by atoms with Crippen molar-refractivity contribution in [2.45, 2.75) is 6.92 Å². The molecule has 0 aliphatic carbocycles. The number of aromatic carboxylic acids is 1. The number of aryl methyl sites for hydroxylation is 1. The highest BCUT2D eigenvalue weighted by atomic mass is 32.1. The topological polar surface area (TPSA) is 50.4 Å². The Morgan fingerprint density at radius 2 is 2.06 bits per heavy atom. The van der Waals surface area contributed by atoms with Gasteiger partial charge < -0.3 is 9.52 Å². The maximum absolute atomic E-state index is 10.9. The van der Waals surface area contributed by atoms with Gasteiger partial charge in [-0.25, -0.2) is 4.79 Å². The van der Waals surface area contributed by atoms with Gasteiger partial charge in [0.25, 0.3) is 0 Å². The monoisotopic (exact) mass is 258 g/mol. The molecule has 0 amide bonds. The molecule has 0 saturated heterocycles. The fourth-order valence-corrected chi connectivity index (χ4v) is 2.89. The first-order valence-electron chi connectivity index (χ1n) is 5.48. The first kappa shape index (κ1) is 11.0. The molecule has 0 aliphatic rings. The molecule has 2 heterocycles. The lowest BCUT2D eigenvalue weighted by Crippen LogP contribution is -1.89. The number of carboxylic acid groups (broad SMARTS) is 1. The second kappa shape index (κ2) is 3.99. The maximum atomic E-state index is 10.9. The molecule has 0 saturated carbocycles. The van der Waals surface area contributed by atoms with E-state index in [2.05, 4.69) is 0 Å². The Hall–Kier alpha value is -2.07. The second-order valence-electron chi connectivity index (χ2n) is 4.08. The van der Waals surface area contributed by atoms with Gasteiger partial charge in [0.2, 0.25) is 0 Å². The molecule has 0 fully saturated rings. The smallest absolute Gasteiger partial charge is 0.345 e. The summed E-state index contributed by atoms with van der Waals surface area (Å²) in [5.74, 6) is -0.170. The number of carboxylic acids is 1. The van der Waals surface area contributed by atoms with Crippen LogP contribution in [0.2, 0.25) is 0 Å². The van der Waals surface area contributed by atoms with Gasteiger partial charge >= 0.3 is 5.97 Å². The summed E-state index contributed by atoms with van der Waals surface area (Å²) in [4.78, 5) is 12.2. The number of furan rings is 1. The first-order valence-corrected chi connectivity index (χ1v) is 6.29. The van der Waals surface area contributed by atoms with Gasteiger partial charge in [0, 0.05) is 5.39 Å². The molecule has 0 unspecified atom stereocenters. The second-order valence-corrected chi connectivity index (χ2v) is 5.13. The van der Waals surface area contributed by atoms with Crippen LogP contribution in [0.5, 0.6) is 0 Å². The molecule has 3 aromatic rings. The van der Waals surface area contributed by atoms with Gasteiger partial charge in [0.05, 0.1) is 4.88 Å². The summed E-state index contributed by atoms with van der Waals surface area (Å²) in [6.07, 6.45) is 0. The van der Waals surface area contributed by atoms with Crippen LogP contribution in [0.1, 0.15) is 15.2 Å². The predicted octanol–water partition coefficient (Wildman–Crippen LogP) is 4.17. The Balaban J connectivity index is 2.16. The van der Waals surface area contributed by atoms with E-state index in [0.717, 1.165) is 27.2 Å². The Bertz CT molecular complexity index is 703. The van der Waals surface area contributed by atoms with E-state index in [1.807, 2.05) is 37.3 Å². The van der Waals surface area contributed by atoms with E-state index >= 15 is 0 Å². The van der Waals surface area contributed by atoms with E-state index in [4.69, 9.17) is 9.52 Å². The summed E-state index contributed by atoms with van der Waals surface area (Å²) >= 11 is 1.24. The number of benzene rings is 1. The van der Waals surface area contributed by atoms with Crippen molar-refractivity contribution in [2.24, 2.45) is 0 Å². The van der Waals surface area contributed by atoms with Gasteiger partial charge in [-0.2, -0.15) is 0 Å². The van der Waals surface area contributed by atoms with Crippen LogP contribution in [-0.2, 0) is 0 Å². The lowest BCUT2D eigenvalue weighted by molar-refractivity contribution is 0.0702. The molecule has 3 nitrogen and oxygen atoms in total. The number of hydrogen-bond donors (Lipinski definition) is 1. The van der Waals surface area contributed by atoms with Crippen LogP contribution >= 0.6 is 11.3 Å². The summed E-state index contributed by atoms with van der Waals surface area (Å²) in [6.45, 7) is 1.89. The zero-order chi connectivity index (χ0) is 12.7. The highest BCUT2D eigenvalue weighted by Crippen LogP contribution is 2.35. The van der Waals surface area contributed by atoms with Crippen molar-refractivity contribution in [3.8, 4) is 10.6 Å². The van der Waals surface area contributed by atoms with Crippen molar-refractivity contribution in [1.82, 2.24) is 0 Å². The molecule has 4 heteroatoms. The number of hydrogen-bond acceptors (Lipinski definition) is 3. The average molecular weight is 258 g/mol. The first-order chi connectivity index (χ1) is 8.65. The van der Waals surface area contributed by atoms with Crippen LogP contribution < -0.4 is 0 Å². The number of rotatable bonds is 2. The molecule has 90 valence electrons. The maximum Gasteiger partial charge on any atom is 0.345 e. The Morgan fingerprint density at radius 3 is 2.72 bits per heavy atom. The van der Waals surface area contributed by atoms with E-state index in [9.17, 15) is 4.79 Å². The molecule has 0 spiro atoms. The molecule has 3 rings (SSSR count). The van der Waals surface area contributed by atoms with E-state index in [0.29, 0.717) is 4.88 Å². The SMILES string of the molecule is Cc1cc(C(=O)O)sc1-c1cc2ccccc2o1. The third kappa shape index (κ3) is 1.71. The third-order valence-electron chi connectivity index (χ3n) is 2.78. The molecule has 0 bridgehead atoms. The van der Waals surface area contributed by atoms with Gasteiger partial charge in [-0.05, 0) is 30.7 Å². The summed E-state index contributed by atoms with van der Waals surface area (Å²) < 4.78 is 5.75. The van der Waals surface area contributed by atoms with Gasteiger partial charge in [0.15, 0.2) is 0 Å². The van der Waals surface area contributed by atoms with Crippen LogP contribution in [0.3, 0.4) is 0 Å². The number of para-hydroxylation sites is 1. The summed E-state index contributed by atoms with van der Waals surface area (Å²) in [7, 11) is 0. The molecular formula is C14H10O3S. The molecule has 0 aliphatic heterocycles. The molecule has 0 radical (unpaired) electrons. The van der Waals surface area contributed by atoms with Crippen LogP contribution in [0.15, 0.2) is 40.8 Å². The minimum absolute atomic E-state index is 0.336. The molecule has 1 N–H and O–H groups in total. The predicted molar refractivity (Wildman–Crippen MR) is 71.2 cm³/mol. The quantitative estimate of drug-likeness (QED) is 0.750. The van der Waals surface area contributed by atoms with Crippen LogP contribution in [0.4, 0.5) is 0 Å². The highest BCUT2D eigenvalue weighted by molar-refractivity contribution is 7.17. The van der Waals surface area contributed by atoms with Crippen molar-refractivity contribution in [2.75, 3.05) is 0 Å². The number of fused-ring (bicyclic) bond motifs is 1. The average Bonchev–Trinajstić information content (AvgIpc) is 2.91. The van der Waals surface area contributed by atoms with Crippen molar-refractivity contribution >= 4 is 28.3 Å². The molecule has 0 atom stereocenters. The molecule has 2 aromatic heterocycles. The van der Waals surface area contributed by atoms with Crippen LogP contribution in [0.25, 0.3) is 21.6 Å². The van der Waals surface area contributed by atoms with Crippen molar-refractivity contribution in [3.63, 3.8) is 0 Å². The third-order valence-corrected chi connectivity index (χ3v) is 4.02. The summed E-state index contributed by atoms with van der Waals surface area (Å²) in [5.41, 5.74) is 1.74. The minimum atomic E-state index is -0.898. The highest BCUT2D eigenvalue weighted by Gasteiger charge is 2.15. The number of thiophene rings is 1. The van der Waals surface area contributed by atoms with E-state index in [1.165, 1.54) is 11.3 Å². The van der Waals surface area contributed by atoms with E-state index in [1.54, 1.807) is 6.07 Å². The molecular weight excluding hydrogens is 248 g/mol. The van der Waals surface area contributed by atoms with Crippen molar-refractivity contribution < 1.29 is 14.3 Å². The summed E-state index contributed by atoms with van der Waals surface area (Å²) in [6, 6.07) is 11.4. The Morgan fingerprint density at radius 1 is 1.28 bits per heavy atom. The minimum Gasteiger partial charge on any atom is -0.477 e. The van der Waals surface area contributed by atoms with Gasteiger partial charge in [-0.1, -0.05) is 18.2 Å². The van der Waals surface area contributed by atoms with E-state index in [-0.39, 0.29) is 0 Å². The van der Waals surface area contributed by atoms with Crippen LogP contribution in [-0.4, -0.2) is 11.1 Å². The van der Waals surface area contributed by atoms with Crippen molar-refractivity contribution in [1.29, 1.82) is 0 Å². The number of carbonyl (C=O) groups is 1. The van der Waals surface area contributed by atoms with Crippen molar-refractivity contribution in [3.05, 3.63) is 46.8 Å². The Kier molecular flexibility index (Phi) is 2.45. The normalized spacial score (nSPS) is 10.9. The molecule has 18 heavy (non-hydrogen) atoms. The fourth-order valence-electron chi connectivity index (χ4n) is 1.93. The zero-order valence-corrected chi connectivity index (χ0v) is 10.5. The van der Waals surface area contributed by atoms with Gasteiger partial charge in [0.1, 0.15) is 16.2 Å². The van der Waals surface area contributed by atoms with Gasteiger partial charge in [-0.3, -0.25) is 0 Å².